The molecule has 19 heavy (non-hydrogen) atoms. The van der Waals surface area contributed by atoms with Crippen LogP contribution in [0.5, 0.6) is 0 Å². The van der Waals surface area contributed by atoms with Gasteiger partial charge in [0.25, 0.3) is 0 Å². The molecule has 0 saturated carbocycles. The second-order valence-corrected chi connectivity index (χ2v) is 6.42. The lowest BCUT2D eigenvalue weighted by Gasteiger charge is -1.91. The number of aryl methyl sites for hydroxylation is 1. The number of nitrogens with one attached hydrogen (secondary N) is 1. The number of fused-ring (bicyclic) bond motifs is 1. The Labute approximate surface area is 120 Å². The summed E-state index contributed by atoms with van der Waals surface area (Å²) in [5.74, 6) is -0.302. The van der Waals surface area contributed by atoms with E-state index >= 15 is 0 Å². The van der Waals surface area contributed by atoms with Gasteiger partial charge in [-0.2, -0.15) is 0 Å². The fraction of sp³-hybridized carbons (Fsp3) is 0.0833. The quantitative estimate of drug-likeness (QED) is 0.750. The number of hydrogen-bond acceptors (Lipinski definition) is 4. The van der Waals surface area contributed by atoms with Gasteiger partial charge in [0.05, 0.1) is 19.7 Å². The van der Waals surface area contributed by atoms with Crippen LogP contribution in [0.2, 0.25) is 0 Å². The van der Waals surface area contributed by atoms with Gasteiger partial charge in [0.15, 0.2) is 11.5 Å². The highest BCUT2D eigenvalue weighted by atomic mass is 79.9. The first-order valence-corrected chi connectivity index (χ1v) is 7.01. The van der Waals surface area contributed by atoms with Crippen molar-refractivity contribution in [3.63, 3.8) is 0 Å². The lowest BCUT2D eigenvalue weighted by Crippen LogP contribution is -1.96. The third kappa shape index (κ3) is 2.15. The Hall–Kier alpha value is -1.73. The van der Waals surface area contributed by atoms with E-state index in [0.29, 0.717) is 17.0 Å². The number of rotatable bonds is 2. The van der Waals surface area contributed by atoms with Gasteiger partial charge >= 0.3 is 5.97 Å². The van der Waals surface area contributed by atoms with Crippen LogP contribution in [0.3, 0.4) is 0 Å². The van der Waals surface area contributed by atoms with Gasteiger partial charge in [-0.05, 0) is 40.5 Å². The number of carboxylic acids is 1. The van der Waals surface area contributed by atoms with Crippen LogP contribution in [-0.4, -0.2) is 26.0 Å². The highest BCUT2D eigenvalue weighted by Gasteiger charge is 2.12. The first kappa shape index (κ1) is 12.3. The molecule has 3 rings (SSSR count). The molecule has 0 atom stereocenters. The van der Waals surface area contributed by atoms with Crippen molar-refractivity contribution in [3.05, 3.63) is 33.2 Å². The SMILES string of the molecule is Cc1cc(-c2nc3ncc(C(=O)O)cc3[nH]2)sc1Br. The number of aromatic nitrogens is 3. The Morgan fingerprint density at radius 3 is 2.89 bits per heavy atom. The maximum absolute atomic E-state index is 10.9. The molecule has 0 aliphatic carbocycles. The second kappa shape index (κ2) is 4.43. The lowest BCUT2D eigenvalue weighted by atomic mass is 10.3. The molecule has 3 heterocycles. The van der Waals surface area contributed by atoms with Crippen LogP contribution in [-0.2, 0) is 0 Å². The number of carbonyl (C=O) groups is 1. The molecule has 5 nitrogen and oxygen atoms in total. The minimum Gasteiger partial charge on any atom is -0.478 e. The maximum atomic E-state index is 10.9. The highest BCUT2D eigenvalue weighted by Crippen LogP contribution is 2.33. The smallest absolute Gasteiger partial charge is 0.337 e. The summed E-state index contributed by atoms with van der Waals surface area (Å²) in [6.45, 7) is 2.01. The summed E-state index contributed by atoms with van der Waals surface area (Å²) in [6, 6.07) is 3.56. The number of imidazole rings is 1. The molecular formula is C12H8BrN3O2S. The predicted molar refractivity (Wildman–Crippen MR) is 76.6 cm³/mol. The summed E-state index contributed by atoms with van der Waals surface area (Å²) >= 11 is 5.04. The number of halogens is 1. The molecule has 96 valence electrons. The number of aromatic carboxylic acids is 1. The fourth-order valence-electron chi connectivity index (χ4n) is 1.71. The maximum Gasteiger partial charge on any atom is 0.337 e. The molecule has 7 heteroatoms. The molecule has 0 saturated heterocycles. The van der Waals surface area contributed by atoms with Crippen molar-refractivity contribution in [3.8, 4) is 10.7 Å². The standard InChI is InChI=1S/C12H8BrN3O2S/c1-5-2-8(19-9(5)13)11-15-7-3-6(12(17)18)4-14-10(7)16-11/h2-4H,1H3,(H,17,18)(H,14,15,16). The number of nitrogens with zero attached hydrogens (tertiary/aromatic N) is 2. The van der Waals surface area contributed by atoms with Gasteiger partial charge in [-0.3, -0.25) is 0 Å². The molecule has 0 spiro atoms. The summed E-state index contributed by atoms with van der Waals surface area (Å²) in [6.07, 6.45) is 1.31. The van der Waals surface area contributed by atoms with E-state index < -0.39 is 5.97 Å². The summed E-state index contributed by atoms with van der Waals surface area (Å²) in [5, 5.41) is 8.93. The molecule has 0 bridgehead atoms. The van der Waals surface area contributed by atoms with Crippen LogP contribution in [0.4, 0.5) is 0 Å². The third-order valence-corrected chi connectivity index (χ3v) is 4.82. The summed E-state index contributed by atoms with van der Waals surface area (Å²) in [4.78, 5) is 23.4. The molecule has 0 aliphatic heterocycles. The molecular weight excluding hydrogens is 330 g/mol. The Kier molecular flexibility index (Phi) is 2.87. The van der Waals surface area contributed by atoms with Crippen LogP contribution < -0.4 is 0 Å². The van der Waals surface area contributed by atoms with Gasteiger partial charge in [0, 0.05) is 6.20 Å². The van der Waals surface area contributed by atoms with Gasteiger partial charge < -0.3 is 10.1 Å². The Balaban J connectivity index is 2.13. The highest BCUT2D eigenvalue weighted by molar-refractivity contribution is 9.11. The lowest BCUT2D eigenvalue weighted by molar-refractivity contribution is 0.0696. The largest absolute Gasteiger partial charge is 0.478 e. The van der Waals surface area contributed by atoms with Gasteiger partial charge in [-0.15, -0.1) is 11.3 Å². The number of pyridine rings is 1. The second-order valence-electron chi connectivity index (χ2n) is 4.05. The molecule has 3 aromatic heterocycles. The average molecular weight is 338 g/mol. The Morgan fingerprint density at radius 1 is 1.47 bits per heavy atom. The molecule has 0 radical (unpaired) electrons. The summed E-state index contributed by atoms with van der Waals surface area (Å²) in [7, 11) is 0. The molecule has 0 amide bonds. The van der Waals surface area contributed by atoms with Crippen molar-refractivity contribution in [2.45, 2.75) is 6.92 Å². The molecule has 0 fully saturated rings. The summed E-state index contributed by atoms with van der Waals surface area (Å²) in [5.41, 5.74) is 2.42. The Morgan fingerprint density at radius 2 is 2.26 bits per heavy atom. The van der Waals surface area contributed by atoms with E-state index in [0.717, 1.165) is 14.2 Å². The van der Waals surface area contributed by atoms with Gasteiger partial charge in [-0.25, -0.2) is 14.8 Å². The van der Waals surface area contributed by atoms with E-state index in [2.05, 4.69) is 30.9 Å². The van der Waals surface area contributed by atoms with Crippen LogP contribution in [0.25, 0.3) is 21.9 Å². The zero-order valence-electron chi connectivity index (χ0n) is 9.77. The van der Waals surface area contributed by atoms with Crippen molar-refractivity contribution >= 4 is 44.4 Å². The predicted octanol–water partition coefficient (Wildman–Crippen LogP) is 3.46. The minimum atomic E-state index is -1.000. The van der Waals surface area contributed by atoms with Crippen molar-refractivity contribution in [2.24, 2.45) is 0 Å². The van der Waals surface area contributed by atoms with Crippen LogP contribution >= 0.6 is 27.3 Å². The van der Waals surface area contributed by atoms with Crippen molar-refractivity contribution in [1.82, 2.24) is 15.0 Å². The minimum absolute atomic E-state index is 0.145. The topological polar surface area (TPSA) is 78.9 Å². The molecule has 2 N–H and O–H groups in total. The van der Waals surface area contributed by atoms with Crippen LogP contribution in [0.15, 0.2) is 22.1 Å². The van der Waals surface area contributed by atoms with E-state index in [9.17, 15) is 4.79 Å². The molecule has 0 aliphatic rings. The van der Waals surface area contributed by atoms with Gasteiger partial charge in [-0.1, -0.05) is 0 Å². The van der Waals surface area contributed by atoms with Crippen molar-refractivity contribution in [2.75, 3.05) is 0 Å². The zero-order chi connectivity index (χ0) is 13.6. The first-order chi connectivity index (χ1) is 9.04. The fourth-order valence-corrected chi connectivity index (χ4v) is 3.19. The van der Waals surface area contributed by atoms with E-state index in [1.54, 1.807) is 11.3 Å². The molecule has 3 aromatic rings. The van der Waals surface area contributed by atoms with Gasteiger partial charge in [0.2, 0.25) is 0 Å². The summed E-state index contributed by atoms with van der Waals surface area (Å²) < 4.78 is 1.06. The zero-order valence-corrected chi connectivity index (χ0v) is 12.2. The van der Waals surface area contributed by atoms with E-state index in [1.165, 1.54) is 12.3 Å². The molecule has 0 aromatic carbocycles. The number of H-pyrrole nitrogens is 1. The molecule has 0 unspecified atom stereocenters. The van der Waals surface area contributed by atoms with Crippen molar-refractivity contribution in [1.29, 1.82) is 0 Å². The van der Waals surface area contributed by atoms with E-state index in [4.69, 9.17) is 5.11 Å². The van der Waals surface area contributed by atoms with Crippen LogP contribution in [0.1, 0.15) is 15.9 Å². The van der Waals surface area contributed by atoms with Crippen molar-refractivity contribution < 1.29 is 9.90 Å². The first-order valence-electron chi connectivity index (χ1n) is 5.40. The van der Waals surface area contributed by atoms with E-state index in [1.807, 2.05) is 13.0 Å². The monoisotopic (exact) mass is 337 g/mol. The average Bonchev–Trinajstić information content (AvgIpc) is 2.92. The number of aromatic amines is 1. The Bertz CT molecular complexity index is 774. The number of thiophene rings is 1. The van der Waals surface area contributed by atoms with Gasteiger partial charge in [0.1, 0.15) is 0 Å². The normalized spacial score (nSPS) is 11.1. The number of hydrogen-bond donors (Lipinski definition) is 2. The number of carboxylic acid groups (broad SMARTS) is 1. The van der Waals surface area contributed by atoms with Crippen LogP contribution in [0, 0.1) is 6.92 Å². The third-order valence-electron chi connectivity index (χ3n) is 2.67. The van der Waals surface area contributed by atoms with E-state index in [-0.39, 0.29) is 5.56 Å².